The molecular weight excluding hydrogens is 416 g/mol. The quantitative estimate of drug-likeness (QED) is 0.486. The number of aliphatic hydroxyl groups is 1. The predicted octanol–water partition coefficient (Wildman–Crippen LogP) is 3.77. The monoisotopic (exact) mass is 452 g/mol. The van der Waals surface area contributed by atoms with E-state index in [1.54, 1.807) is 0 Å². The highest BCUT2D eigenvalue weighted by Gasteiger charge is 2.32. The van der Waals surface area contributed by atoms with E-state index in [2.05, 4.69) is 58.3 Å². The van der Waals surface area contributed by atoms with Gasteiger partial charge in [0.15, 0.2) is 5.82 Å². The van der Waals surface area contributed by atoms with Crippen molar-refractivity contribution < 1.29 is 5.11 Å². The second-order valence-corrected chi connectivity index (χ2v) is 9.56. The highest BCUT2D eigenvalue weighted by atomic mass is 16.3. The first kappa shape index (κ1) is 23.6. The van der Waals surface area contributed by atoms with Crippen LogP contribution in [0.3, 0.4) is 0 Å². The van der Waals surface area contributed by atoms with Crippen LogP contribution in [0.2, 0.25) is 0 Å². The van der Waals surface area contributed by atoms with Gasteiger partial charge in [-0.25, -0.2) is 4.68 Å². The second-order valence-electron chi connectivity index (χ2n) is 9.56. The highest BCUT2D eigenvalue weighted by molar-refractivity contribution is 5.79. The molecule has 8 heteroatoms. The van der Waals surface area contributed by atoms with Crippen LogP contribution in [0.4, 0.5) is 0 Å². The second kappa shape index (κ2) is 10.6. The molecule has 0 aliphatic heterocycles. The average molecular weight is 453 g/mol. The van der Waals surface area contributed by atoms with Crippen molar-refractivity contribution in [3.63, 3.8) is 0 Å². The van der Waals surface area contributed by atoms with Crippen LogP contribution in [0.25, 0.3) is 10.9 Å². The molecule has 2 aromatic heterocycles. The van der Waals surface area contributed by atoms with Crippen molar-refractivity contribution in [3.05, 3.63) is 51.6 Å². The van der Waals surface area contributed by atoms with Crippen LogP contribution in [-0.4, -0.2) is 48.3 Å². The number of aromatic amines is 1. The number of fused-ring (bicyclic) bond motifs is 1. The normalized spacial score (nSPS) is 15.8. The van der Waals surface area contributed by atoms with Crippen molar-refractivity contribution in [2.75, 3.05) is 13.2 Å². The van der Waals surface area contributed by atoms with E-state index in [0.29, 0.717) is 25.6 Å². The van der Waals surface area contributed by atoms with Gasteiger partial charge in [-0.3, -0.25) is 9.69 Å². The van der Waals surface area contributed by atoms with E-state index in [1.807, 2.05) is 16.8 Å². The molecule has 0 saturated heterocycles. The summed E-state index contributed by atoms with van der Waals surface area (Å²) < 4.78 is 2.02. The first-order chi connectivity index (χ1) is 16.0. The van der Waals surface area contributed by atoms with Crippen LogP contribution < -0.4 is 5.56 Å². The van der Waals surface area contributed by atoms with E-state index < -0.39 is 0 Å². The van der Waals surface area contributed by atoms with E-state index in [1.165, 1.54) is 18.4 Å². The first-order valence-electron chi connectivity index (χ1n) is 12.3. The maximum atomic E-state index is 13.0. The number of pyridine rings is 1. The zero-order valence-corrected chi connectivity index (χ0v) is 20.0. The molecule has 2 heterocycles. The lowest BCUT2D eigenvalue weighted by molar-refractivity contribution is 0.120. The van der Waals surface area contributed by atoms with Gasteiger partial charge in [0.25, 0.3) is 5.56 Å². The van der Waals surface area contributed by atoms with E-state index in [9.17, 15) is 9.90 Å². The van der Waals surface area contributed by atoms with Crippen LogP contribution >= 0.6 is 0 Å². The molecule has 0 radical (unpaired) electrons. The smallest absolute Gasteiger partial charge is 0.252 e. The van der Waals surface area contributed by atoms with Crippen LogP contribution in [0, 0.1) is 5.92 Å². The summed E-state index contributed by atoms with van der Waals surface area (Å²) in [5.74, 6) is 1.10. The van der Waals surface area contributed by atoms with Crippen molar-refractivity contribution in [2.45, 2.75) is 77.9 Å². The Kier molecular flexibility index (Phi) is 7.55. The molecule has 178 valence electrons. The topological polar surface area (TPSA) is 99.9 Å². The molecule has 2 N–H and O–H groups in total. The molecule has 0 amide bonds. The molecule has 1 unspecified atom stereocenters. The molecule has 33 heavy (non-hydrogen) atoms. The molecule has 0 bridgehead atoms. The van der Waals surface area contributed by atoms with Crippen molar-refractivity contribution in [1.82, 2.24) is 30.1 Å². The Hall–Kier alpha value is -2.58. The molecule has 1 saturated carbocycles. The van der Waals surface area contributed by atoms with Crippen LogP contribution in [0.5, 0.6) is 0 Å². The van der Waals surface area contributed by atoms with Gasteiger partial charge in [0, 0.05) is 30.8 Å². The van der Waals surface area contributed by atoms with Gasteiger partial charge in [0.05, 0.1) is 12.1 Å². The zero-order valence-electron chi connectivity index (χ0n) is 20.0. The Morgan fingerprint density at radius 1 is 1.24 bits per heavy atom. The summed E-state index contributed by atoms with van der Waals surface area (Å²) in [6.45, 7) is 7.70. The van der Waals surface area contributed by atoms with E-state index >= 15 is 0 Å². The first-order valence-corrected chi connectivity index (χ1v) is 12.3. The van der Waals surface area contributed by atoms with Crippen LogP contribution in [0.15, 0.2) is 29.1 Å². The molecule has 1 aromatic carbocycles. The van der Waals surface area contributed by atoms with Gasteiger partial charge < -0.3 is 10.1 Å². The number of H-pyrrole nitrogens is 1. The third kappa shape index (κ3) is 5.17. The number of aryl methyl sites for hydroxylation is 1. The number of aromatic nitrogens is 5. The van der Waals surface area contributed by atoms with Crippen LogP contribution in [-0.2, 0) is 13.0 Å². The number of aliphatic hydroxyl groups excluding tert-OH is 1. The van der Waals surface area contributed by atoms with Gasteiger partial charge in [-0.2, -0.15) is 0 Å². The van der Waals surface area contributed by atoms with Gasteiger partial charge in [-0.15, -0.1) is 5.10 Å². The largest absolute Gasteiger partial charge is 0.396 e. The minimum Gasteiger partial charge on any atom is -0.396 e. The number of nitrogens with zero attached hydrogens (tertiary/aromatic N) is 5. The summed E-state index contributed by atoms with van der Waals surface area (Å²) in [7, 11) is 0. The molecule has 1 fully saturated rings. The van der Waals surface area contributed by atoms with Gasteiger partial charge in [-0.1, -0.05) is 39.7 Å². The number of benzene rings is 1. The fourth-order valence-corrected chi connectivity index (χ4v) is 5.13. The third-order valence-corrected chi connectivity index (χ3v) is 6.85. The lowest BCUT2D eigenvalue weighted by Gasteiger charge is -2.34. The fraction of sp³-hybridized carbons (Fsp3) is 0.600. The Bertz CT molecular complexity index is 1120. The molecule has 1 aliphatic rings. The van der Waals surface area contributed by atoms with Gasteiger partial charge in [-0.05, 0) is 71.2 Å². The number of hydrogen-bond acceptors (Lipinski definition) is 6. The molecule has 3 aromatic rings. The van der Waals surface area contributed by atoms with Crippen molar-refractivity contribution in [3.8, 4) is 0 Å². The average Bonchev–Trinajstić information content (AvgIpc) is 3.49. The molecule has 1 aliphatic carbocycles. The molecule has 4 rings (SSSR count). The number of nitrogens with one attached hydrogen (secondary N) is 1. The highest BCUT2D eigenvalue weighted by Crippen LogP contribution is 2.34. The summed E-state index contributed by atoms with van der Waals surface area (Å²) >= 11 is 0. The molecular formula is C25H36N6O2. The SMILES string of the molecule is CCc1ccc2[nH]c(=O)c(CN(CCCO)C(c3nnnn3C3CCCC3)C(C)C)cc2c1. The lowest BCUT2D eigenvalue weighted by Crippen LogP contribution is -2.37. The minimum atomic E-state index is -0.0707. The summed E-state index contributed by atoms with van der Waals surface area (Å²) in [4.78, 5) is 18.3. The number of rotatable bonds is 10. The van der Waals surface area contributed by atoms with Gasteiger partial charge in [0.2, 0.25) is 0 Å². The van der Waals surface area contributed by atoms with Crippen molar-refractivity contribution >= 4 is 10.9 Å². The Morgan fingerprint density at radius 2 is 2.03 bits per heavy atom. The standard InChI is InChI=1S/C25H36N6O2/c1-4-18-10-11-22-19(14-18)15-20(25(33)26-22)16-30(12-7-13-32)23(17(2)3)24-27-28-29-31(24)21-8-5-6-9-21/h10-11,14-15,17,21,23,32H,4-9,12-13,16H2,1-3H3,(H,26,33). The summed E-state index contributed by atoms with van der Waals surface area (Å²) in [6, 6.07) is 8.49. The Labute approximate surface area is 195 Å². The number of hydrogen-bond donors (Lipinski definition) is 2. The fourth-order valence-electron chi connectivity index (χ4n) is 5.13. The summed E-state index contributed by atoms with van der Waals surface area (Å²) in [5.41, 5.74) is 2.75. The minimum absolute atomic E-state index is 0.0516. The summed E-state index contributed by atoms with van der Waals surface area (Å²) in [5, 5.41) is 23.5. The Morgan fingerprint density at radius 3 is 2.73 bits per heavy atom. The maximum Gasteiger partial charge on any atom is 0.252 e. The Balaban J connectivity index is 1.70. The molecule has 0 spiro atoms. The van der Waals surface area contributed by atoms with Gasteiger partial charge in [0.1, 0.15) is 0 Å². The van der Waals surface area contributed by atoms with Crippen LogP contribution in [0.1, 0.15) is 81.9 Å². The third-order valence-electron chi connectivity index (χ3n) is 6.85. The lowest BCUT2D eigenvalue weighted by atomic mass is 9.99. The number of tetrazole rings is 1. The van der Waals surface area contributed by atoms with E-state index in [0.717, 1.165) is 41.6 Å². The van der Waals surface area contributed by atoms with E-state index in [4.69, 9.17) is 0 Å². The van der Waals surface area contributed by atoms with Crippen molar-refractivity contribution in [2.24, 2.45) is 5.92 Å². The van der Waals surface area contributed by atoms with E-state index in [-0.39, 0.29) is 24.1 Å². The zero-order chi connectivity index (χ0) is 23.4. The van der Waals surface area contributed by atoms with Gasteiger partial charge >= 0.3 is 0 Å². The maximum absolute atomic E-state index is 13.0. The van der Waals surface area contributed by atoms with Crippen molar-refractivity contribution in [1.29, 1.82) is 0 Å². The summed E-state index contributed by atoms with van der Waals surface area (Å²) in [6.07, 6.45) is 6.19. The molecule has 1 atom stereocenters. The predicted molar refractivity (Wildman–Crippen MR) is 129 cm³/mol. The molecule has 8 nitrogen and oxygen atoms in total.